The fourth-order valence-corrected chi connectivity index (χ4v) is 4.34. The number of nitrogens with two attached hydrogens (primary N) is 1. The van der Waals surface area contributed by atoms with Crippen molar-refractivity contribution in [1.29, 1.82) is 5.26 Å². The number of fused-ring (bicyclic) bond motifs is 1. The molecule has 0 bridgehead atoms. The summed E-state index contributed by atoms with van der Waals surface area (Å²) in [5, 5.41) is 14.2. The summed E-state index contributed by atoms with van der Waals surface area (Å²) in [5.41, 5.74) is 10.2. The van der Waals surface area contributed by atoms with Crippen molar-refractivity contribution in [3.05, 3.63) is 48.2 Å². The SMILES string of the molecule is Cc1ncc(-c2cc(-c3ccc(C#N)c(N4CCOC(C)(C)C4=O)c3)n3ncnc(N)c23)n1C. The number of carbonyl (C=O) groups is 1. The summed E-state index contributed by atoms with van der Waals surface area (Å²) in [7, 11) is 1.94. The van der Waals surface area contributed by atoms with Crippen LogP contribution in [0.2, 0.25) is 0 Å². The fraction of sp³-hybridized carbons (Fsp3) is 0.292. The first-order chi connectivity index (χ1) is 16.2. The Kier molecular flexibility index (Phi) is 4.88. The number of aryl methyl sites for hydroxylation is 1. The summed E-state index contributed by atoms with van der Waals surface area (Å²) in [6.07, 6.45) is 3.20. The van der Waals surface area contributed by atoms with E-state index in [0.29, 0.717) is 35.7 Å². The number of imidazole rings is 1. The molecule has 4 heterocycles. The first-order valence-electron chi connectivity index (χ1n) is 10.8. The van der Waals surface area contributed by atoms with Gasteiger partial charge in [-0.2, -0.15) is 10.4 Å². The molecule has 34 heavy (non-hydrogen) atoms. The summed E-state index contributed by atoms with van der Waals surface area (Å²) in [6, 6.07) is 9.60. The first-order valence-corrected chi connectivity index (χ1v) is 10.8. The van der Waals surface area contributed by atoms with Crippen LogP contribution >= 0.6 is 0 Å². The van der Waals surface area contributed by atoms with Gasteiger partial charge in [0.1, 0.15) is 29.3 Å². The maximum Gasteiger partial charge on any atom is 0.258 e. The van der Waals surface area contributed by atoms with Crippen molar-refractivity contribution in [2.24, 2.45) is 7.05 Å². The molecular formula is C24H24N8O2. The zero-order valence-electron chi connectivity index (χ0n) is 19.4. The van der Waals surface area contributed by atoms with Gasteiger partial charge in [-0.3, -0.25) is 4.79 Å². The second kappa shape index (κ2) is 7.67. The molecule has 172 valence electrons. The van der Waals surface area contributed by atoms with E-state index >= 15 is 0 Å². The molecule has 1 aromatic carbocycles. The number of rotatable bonds is 3. The molecule has 1 saturated heterocycles. The lowest BCUT2D eigenvalue weighted by atomic mass is 10.0. The summed E-state index contributed by atoms with van der Waals surface area (Å²) in [5.74, 6) is 1.01. The van der Waals surface area contributed by atoms with Gasteiger partial charge in [0.25, 0.3) is 5.91 Å². The third-order valence-corrected chi connectivity index (χ3v) is 6.32. The second-order valence-corrected chi connectivity index (χ2v) is 8.76. The minimum absolute atomic E-state index is 0.190. The Labute approximate surface area is 196 Å². The number of aromatic nitrogens is 5. The Morgan fingerprint density at radius 3 is 2.71 bits per heavy atom. The van der Waals surface area contributed by atoms with Gasteiger partial charge in [-0.25, -0.2) is 14.5 Å². The summed E-state index contributed by atoms with van der Waals surface area (Å²) >= 11 is 0. The van der Waals surface area contributed by atoms with E-state index in [2.05, 4.69) is 21.1 Å². The van der Waals surface area contributed by atoms with Crippen molar-refractivity contribution >= 4 is 22.9 Å². The fourth-order valence-electron chi connectivity index (χ4n) is 4.34. The molecule has 2 N–H and O–H groups in total. The Bertz CT molecular complexity index is 1490. The number of hydrogen-bond acceptors (Lipinski definition) is 7. The highest BCUT2D eigenvalue weighted by molar-refractivity contribution is 6.01. The van der Waals surface area contributed by atoms with Crippen molar-refractivity contribution in [3.63, 3.8) is 0 Å². The maximum atomic E-state index is 13.1. The van der Waals surface area contributed by atoms with Gasteiger partial charge in [-0.15, -0.1) is 0 Å². The number of ether oxygens (including phenoxy) is 1. The maximum absolute atomic E-state index is 13.1. The average Bonchev–Trinajstić information content (AvgIpc) is 3.36. The predicted molar refractivity (Wildman–Crippen MR) is 127 cm³/mol. The van der Waals surface area contributed by atoms with Gasteiger partial charge in [-0.1, -0.05) is 6.07 Å². The predicted octanol–water partition coefficient (Wildman–Crippen LogP) is 2.70. The van der Waals surface area contributed by atoms with Crippen LogP contribution in [0.15, 0.2) is 36.8 Å². The number of amides is 1. The third-order valence-electron chi connectivity index (χ3n) is 6.32. The summed E-state index contributed by atoms with van der Waals surface area (Å²) in [4.78, 5) is 23.3. The molecule has 1 aliphatic heterocycles. The van der Waals surface area contributed by atoms with Crippen LogP contribution in [-0.2, 0) is 16.6 Å². The molecule has 0 aliphatic carbocycles. The molecule has 0 atom stereocenters. The van der Waals surface area contributed by atoms with E-state index in [0.717, 1.165) is 28.3 Å². The molecule has 10 heteroatoms. The number of anilines is 2. The van der Waals surface area contributed by atoms with Gasteiger partial charge in [0, 0.05) is 24.7 Å². The summed E-state index contributed by atoms with van der Waals surface area (Å²) in [6.45, 7) is 6.15. The Balaban J connectivity index is 1.72. The van der Waals surface area contributed by atoms with E-state index in [9.17, 15) is 10.1 Å². The van der Waals surface area contributed by atoms with Crippen LogP contribution in [0.5, 0.6) is 0 Å². The summed E-state index contributed by atoms with van der Waals surface area (Å²) < 4.78 is 9.35. The molecule has 0 unspecified atom stereocenters. The Morgan fingerprint density at radius 2 is 2.00 bits per heavy atom. The van der Waals surface area contributed by atoms with Crippen molar-refractivity contribution in [1.82, 2.24) is 24.1 Å². The van der Waals surface area contributed by atoms with Crippen LogP contribution in [0.25, 0.3) is 28.0 Å². The van der Waals surface area contributed by atoms with Gasteiger partial charge in [0.2, 0.25) is 0 Å². The van der Waals surface area contributed by atoms with E-state index in [4.69, 9.17) is 10.5 Å². The number of nitrogen functional groups attached to an aromatic ring is 1. The molecule has 10 nitrogen and oxygen atoms in total. The van der Waals surface area contributed by atoms with Crippen LogP contribution in [0.3, 0.4) is 0 Å². The third kappa shape index (κ3) is 3.21. The lowest BCUT2D eigenvalue weighted by Crippen LogP contribution is -2.53. The van der Waals surface area contributed by atoms with E-state index in [1.54, 1.807) is 35.5 Å². The van der Waals surface area contributed by atoms with E-state index in [1.165, 1.54) is 6.33 Å². The number of hydrogen-bond donors (Lipinski definition) is 1. The molecular weight excluding hydrogens is 432 g/mol. The number of nitrogens with zero attached hydrogens (tertiary/aromatic N) is 7. The van der Waals surface area contributed by atoms with Crippen molar-refractivity contribution in [2.45, 2.75) is 26.4 Å². The smallest absolute Gasteiger partial charge is 0.258 e. The normalized spacial score (nSPS) is 15.6. The van der Waals surface area contributed by atoms with Crippen molar-refractivity contribution in [3.8, 4) is 28.6 Å². The molecule has 1 aliphatic rings. The molecule has 0 spiro atoms. The zero-order chi connectivity index (χ0) is 24.2. The molecule has 4 aromatic rings. The van der Waals surface area contributed by atoms with Gasteiger partial charge in [0.05, 0.1) is 35.4 Å². The second-order valence-electron chi connectivity index (χ2n) is 8.76. The van der Waals surface area contributed by atoms with Crippen LogP contribution in [0, 0.1) is 18.3 Å². The highest BCUT2D eigenvalue weighted by Crippen LogP contribution is 2.37. The molecule has 5 rings (SSSR count). The minimum atomic E-state index is -0.963. The van der Waals surface area contributed by atoms with Crippen LogP contribution in [0.4, 0.5) is 11.5 Å². The van der Waals surface area contributed by atoms with E-state index in [1.807, 2.05) is 36.7 Å². The molecule has 0 radical (unpaired) electrons. The standard InChI is InChI=1S/C24H24N8O2/c1-14-27-12-20(30(14)4)17-10-19(32-21(17)22(26)28-13-29-32)15-5-6-16(11-25)18(9-15)31-7-8-34-24(2,3)23(31)33/h5-6,9-10,12-13H,7-8H2,1-4H3,(H2,26,28,29). The lowest BCUT2D eigenvalue weighted by Gasteiger charge is -2.37. The Morgan fingerprint density at radius 1 is 1.21 bits per heavy atom. The van der Waals surface area contributed by atoms with E-state index < -0.39 is 5.60 Å². The van der Waals surface area contributed by atoms with Gasteiger partial charge >= 0.3 is 0 Å². The molecule has 1 fully saturated rings. The zero-order valence-corrected chi connectivity index (χ0v) is 19.4. The number of carbonyl (C=O) groups excluding carboxylic acids is 1. The topological polar surface area (TPSA) is 127 Å². The highest BCUT2D eigenvalue weighted by Gasteiger charge is 2.38. The van der Waals surface area contributed by atoms with Crippen LogP contribution in [0.1, 0.15) is 25.2 Å². The highest BCUT2D eigenvalue weighted by atomic mass is 16.5. The van der Waals surface area contributed by atoms with Gasteiger partial charge in [-0.05, 0) is 39.0 Å². The van der Waals surface area contributed by atoms with E-state index in [-0.39, 0.29) is 5.91 Å². The molecule has 3 aromatic heterocycles. The lowest BCUT2D eigenvalue weighted by molar-refractivity contribution is -0.144. The minimum Gasteiger partial charge on any atom is -0.382 e. The van der Waals surface area contributed by atoms with Crippen molar-refractivity contribution in [2.75, 3.05) is 23.8 Å². The Hall–Kier alpha value is -4.23. The first kappa shape index (κ1) is 21.6. The number of nitriles is 1. The average molecular weight is 457 g/mol. The van der Waals surface area contributed by atoms with Crippen LogP contribution in [-0.4, -0.2) is 48.8 Å². The monoisotopic (exact) mass is 456 g/mol. The van der Waals surface area contributed by atoms with Gasteiger partial charge in [0.15, 0.2) is 5.82 Å². The molecule has 0 saturated carbocycles. The number of morpholine rings is 1. The largest absolute Gasteiger partial charge is 0.382 e. The quantitative estimate of drug-likeness (QED) is 0.502. The molecule has 1 amide bonds. The van der Waals surface area contributed by atoms with Gasteiger partial charge < -0.3 is 19.9 Å². The number of benzene rings is 1. The van der Waals surface area contributed by atoms with Crippen LogP contribution < -0.4 is 10.6 Å². The van der Waals surface area contributed by atoms with Crippen molar-refractivity contribution < 1.29 is 9.53 Å².